The van der Waals surface area contributed by atoms with Crippen LogP contribution in [0.5, 0.6) is 0 Å². The SMILES string of the molecule is CCC(C)NC(=O)CNC1CN2CCC1CC2. The largest absolute Gasteiger partial charge is 0.353 e. The fourth-order valence-corrected chi connectivity index (χ4v) is 2.85. The van der Waals surface area contributed by atoms with Crippen LogP contribution in [0.1, 0.15) is 33.1 Å². The Balaban J connectivity index is 1.69. The zero-order chi connectivity index (χ0) is 12.3. The second-order valence-electron chi connectivity index (χ2n) is 5.50. The number of nitrogens with zero attached hydrogens (tertiary/aromatic N) is 1. The summed E-state index contributed by atoms with van der Waals surface area (Å²) < 4.78 is 0. The molecule has 0 aromatic rings. The van der Waals surface area contributed by atoms with Gasteiger partial charge in [0.25, 0.3) is 0 Å². The molecular weight excluding hydrogens is 214 g/mol. The molecule has 2 atom stereocenters. The van der Waals surface area contributed by atoms with E-state index in [1.807, 2.05) is 6.92 Å². The Morgan fingerprint density at radius 1 is 1.41 bits per heavy atom. The molecule has 0 aromatic heterocycles. The number of carbonyl (C=O) groups excluding carboxylic acids is 1. The minimum absolute atomic E-state index is 0.135. The number of nitrogens with one attached hydrogen (secondary N) is 2. The van der Waals surface area contributed by atoms with Crippen molar-refractivity contribution in [3.8, 4) is 0 Å². The van der Waals surface area contributed by atoms with Crippen molar-refractivity contribution in [2.45, 2.75) is 45.2 Å². The van der Waals surface area contributed by atoms with Gasteiger partial charge in [0, 0.05) is 18.6 Å². The van der Waals surface area contributed by atoms with Gasteiger partial charge in [0.1, 0.15) is 0 Å². The summed E-state index contributed by atoms with van der Waals surface area (Å²) in [6.07, 6.45) is 3.58. The van der Waals surface area contributed by atoms with Crippen LogP contribution in [-0.4, -0.2) is 49.1 Å². The van der Waals surface area contributed by atoms with Gasteiger partial charge in [-0.2, -0.15) is 0 Å². The van der Waals surface area contributed by atoms with E-state index in [9.17, 15) is 4.79 Å². The summed E-state index contributed by atoms with van der Waals surface area (Å²) in [5, 5.41) is 6.43. The highest BCUT2D eigenvalue weighted by molar-refractivity contribution is 5.78. The van der Waals surface area contributed by atoms with E-state index in [2.05, 4.69) is 22.5 Å². The fraction of sp³-hybridized carbons (Fsp3) is 0.923. The molecule has 3 rings (SSSR count). The first kappa shape index (κ1) is 12.8. The average molecular weight is 239 g/mol. The number of hydrogen-bond acceptors (Lipinski definition) is 3. The summed E-state index contributed by atoms with van der Waals surface area (Å²) in [6, 6.07) is 0.816. The van der Waals surface area contributed by atoms with Gasteiger partial charge in [-0.3, -0.25) is 4.79 Å². The van der Waals surface area contributed by atoms with E-state index in [1.54, 1.807) is 0 Å². The molecule has 0 radical (unpaired) electrons. The normalized spacial score (nSPS) is 33.4. The summed E-state index contributed by atoms with van der Waals surface area (Å²) in [5.41, 5.74) is 0. The molecule has 4 nitrogen and oxygen atoms in total. The van der Waals surface area contributed by atoms with Crippen molar-refractivity contribution >= 4 is 5.91 Å². The van der Waals surface area contributed by atoms with Crippen molar-refractivity contribution in [2.75, 3.05) is 26.2 Å². The van der Waals surface area contributed by atoms with Crippen LogP contribution in [0.4, 0.5) is 0 Å². The molecule has 3 aliphatic heterocycles. The Hall–Kier alpha value is -0.610. The molecule has 4 heteroatoms. The van der Waals surface area contributed by atoms with Gasteiger partial charge in [0.05, 0.1) is 6.54 Å². The third kappa shape index (κ3) is 3.42. The zero-order valence-electron chi connectivity index (χ0n) is 11.0. The number of carbonyl (C=O) groups is 1. The first-order valence-electron chi connectivity index (χ1n) is 6.94. The smallest absolute Gasteiger partial charge is 0.234 e. The van der Waals surface area contributed by atoms with Crippen molar-refractivity contribution in [1.82, 2.24) is 15.5 Å². The van der Waals surface area contributed by atoms with Gasteiger partial charge in [-0.1, -0.05) is 6.92 Å². The monoisotopic (exact) mass is 239 g/mol. The average Bonchev–Trinajstić information content (AvgIpc) is 2.37. The molecule has 3 saturated heterocycles. The summed E-state index contributed by atoms with van der Waals surface area (Å²) in [5.74, 6) is 0.923. The molecule has 0 aromatic carbocycles. The fourth-order valence-electron chi connectivity index (χ4n) is 2.85. The number of amides is 1. The molecule has 0 saturated carbocycles. The Kier molecular flexibility index (Phi) is 4.40. The Morgan fingerprint density at radius 3 is 2.65 bits per heavy atom. The Labute approximate surface area is 104 Å². The van der Waals surface area contributed by atoms with Crippen molar-refractivity contribution in [1.29, 1.82) is 0 Å². The zero-order valence-corrected chi connectivity index (χ0v) is 11.0. The molecule has 3 heterocycles. The van der Waals surface area contributed by atoms with Gasteiger partial charge in [-0.25, -0.2) is 0 Å². The summed E-state index contributed by atoms with van der Waals surface area (Å²) >= 11 is 0. The lowest BCUT2D eigenvalue weighted by Gasteiger charge is -2.45. The maximum Gasteiger partial charge on any atom is 0.234 e. The standard InChI is InChI=1S/C13H25N3O/c1-3-10(2)15-13(17)8-14-12-9-16-6-4-11(12)5-7-16/h10-12,14H,3-9H2,1-2H3,(H,15,17). The third-order valence-corrected chi connectivity index (χ3v) is 4.20. The quantitative estimate of drug-likeness (QED) is 0.738. The maximum absolute atomic E-state index is 11.7. The highest BCUT2D eigenvalue weighted by atomic mass is 16.1. The van der Waals surface area contributed by atoms with Crippen molar-refractivity contribution in [3.63, 3.8) is 0 Å². The van der Waals surface area contributed by atoms with Crippen molar-refractivity contribution < 1.29 is 4.79 Å². The van der Waals surface area contributed by atoms with Crippen LogP contribution in [0.2, 0.25) is 0 Å². The van der Waals surface area contributed by atoms with Crippen LogP contribution >= 0.6 is 0 Å². The number of fused-ring (bicyclic) bond motifs is 3. The minimum atomic E-state index is 0.135. The molecule has 3 aliphatic rings. The molecule has 2 bridgehead atoms. The molecule has 98 valence electrons. The van der Waals surface area contributed by atoms with E-state index in [1.165, 1.54) is 25.9 Å². The van der Waals surface area contributed by atoms with Crippen molar-refractivity contribution in [2.24, 2.45) is 5.92 Å². The summed E-state index contributed by atoms with van der Waals surface area (Å²) in [7, 11) is 0. The first-order chi connectivity index (χ1) is 8.19. The van der Waals surface area contributed by atoms with Crippen LogP contribution in [0.15, 0.2) is 0 Å². The molecule has 17 heavy (non-hydrogen) atoms. The van der Waals surface area contributed by atoms with E-state index in [0.29, 0.717) is 12.6 Å². The van der Waals surface area contributed by atoms with Crippen molar-refractivity contribution in [3.05, 3.63) is 0 Å². The van der Waals surface area contributed by atoms with Crippen LogP contribution in [0.25, 0.3) is 0 Å². The van der Waals surface area contributed by atoms with Gasteiger partial charge in [-0.15, -0.1) is 0 Å². The van der Waals surface area contributed by atoms with Gasteiger partial charge < -0.3 is 15.5 Å². The van der Waals surface area contributed by atoms with E-state index < -0.39 is 0 Å². The summed E-state index contributed by atoms with van der Waals surface area (Å²) in [4.78, 5) is 14.2. The second-order valence-corrected chi connectivity index (χ2v) is 5.50. The predicted octanol–water partition coefficient (Wildman–Crippen LogP) is 0.585. The van der Waals surface area contributed by atoms with E-state index in [-0.39, 0.29) is 11.9 Å². The Morgan fingerprint density at radius 2 is 2.12 bits per heavy atom. The van der Waals surface area contributed by atoms with Crippen LogP contribution < -0.4 is 10.6 Å². The molecule has 1 amide bonds. The van der Waals surface area contributed by atoms with Crippen LogP contribution in [0, 0.1) is 5.92 Å². The highest BCUT2D eigenvalue weighted by Gasteiger charge is 2.33. The van der Waals surface area contributed by atoms with Gasteiger partial charge in [0.15, 0.2) is 0 Å². The predicted molar refractivity (Wildman–Crippen MR) is 68.9 cm³/mol. The van der Waals surface area contributed by atoms with Crippen LogP contribution in [0.3, 0.4) is 0 Å². The number of rotatable bonds is 5. The molecule has 0 spiro atoms. The molecular formula is C13H25N3O. The molecule has 2 unspecified atom stereocenters. The van der Waals surface area contributed by atoms with E-state index >= 15 is 0 Å². The molecule has 2 N–H and O–H groups in total. The second kappa shape index (κ2) is 5.83. The lowest BCUT2D eigenvalue weighted by molar-refractivity contribution is -0.121. The lowest BCUT2D eigenvalue weighted by Crippen LogP contribution is -2.57. The van der Waals surface area contributed by atoms with Gasteiger partial charge in [-0.05, 0) is 45.2 Å². The first-order valence-corrected chi connectivity index (χ1v) is 6.94. The van der Waals surface area contributed by atoms with E-state index in [4.69, 9.17) is 0 Å². The number of hydrogen-bond donors (Lipinski definition) is 2. The Bertz CT molecular complexity index is 261. The van der Waals surface area contributed by atoms with Gasteiger partial charge in [0.2, 0.25) is 5.91 Å². The van der Waals surface area contributed by atoms with Gasteiger partial charge >= 0.3 is 0 Å². The third-order valence-electron chi connectivity index (χ3n) is 4.20. The maximum atomic E-state index is 11.7. The number of piperidine rings is 3. The summed E-state index contributed by atoms with van der Waals surface area (Å²) in [6.45, 7) is 8.24. The minimum Gasteiger partial charge on any atom is -0.353 e. The highest BCUT2D eigenvalue weighted by Crippen LogP contribution is 2.27. The molecule has 0 aliphatic carbocycles. The van der Waals surface area contributed by atoms with Crippen LogP contribution in [-0.2, 0) is 4.79 Å². The van der Waals surface area contributed by atoms with E-state index in [0.717, 1.165) is 18.9 Å². The lowest BCUT2D eigenvalue weighted by atomic mass is 9.84. The topological polar surface area (TPSA) is 44.4 Å². The molecule has 3 fully saturated rings.